The van der Waals surface area contributed by atoms with Crippen LogP contribution < -0.4 is 14.5 Å². The molecule has 0 aliphatic carbocycles. The minimum atomic E-state index is -3.93. The van der Waals surface area contributed by atoms with E-state index in [4.69, 9.17) is 21.3 Å². The highest BCUT2D eigenvalue weighted by atomic mass is 35.5. The van der Waals surface area contributed by atoms with E-state index in [0.717, 1.165) is 5.56 Å². The van der Waals surface area contributed by atoms with Crippen molar-refractivity contribution in [1.29, 1.82) is 0 Å². The molecular formula is C35H37ClFN5O4S. The average Bonchev–Trinajstić information content (AvgIpc) is 3.41. The topological polar surface area (TPSA) is 105 Å². The lowest BCUT2D eigenvalue weighted by molar-refractivity contribution is 0.0497. The van der Waals surface area contributed by atoms with Crippen LogP contribution >= 0.6 is 11.6 Å². The standard InChI is InChI=1S/C35H37ClFN5O4S/c1-22-8-11-25(12-9-22)47(44,45)42-21-27(26-18-23(10-13-31(26)42)33-28(36)6-5-7-29(33)37)30-19-38-20-32(40-30)41-16-14-24(15-17-41)39-34(43)46-35(2,3)4/h5-13,18-20,24,27H,14-17,21H2,1-4H3,(H,39,43). The number of ether oxygens (including phenoxy) is 1. The molecule has 2 aliphatic heterocycles. The maximum atomic E-state index is 15.0. The van der Waals surface area contributed by atoms with E-state index in [1.165, 1.54) is 10.4 Å². The number of halogens is 2. The molecule has 1 unspecified atom stereocenters. The number of alkyl carbamates (subject to hydrolysis) is 1. The summed E-state index contributed by atoms with van der Waals surface area (Å²) in [5, 5.41) is 3.21. The third kappa shape index (κ3) is 6.92. The molecule has 47 heavy (non-hydrogen) atoms. The molecular weight excluding hydrogens is 641 g/mol. The summed E-state index contributed by atoms with van der Waals surface area (Å²) in [5.74, 6) is -0.287. The molecule has 4 aromatic rings. The van der Waals surface area contributed by atoms with E-state index in [1.54, 1.807) is 67.0 Å². The molecule has 0 bridgehead atoms. The molecule has 1 N–H and O–H groups in total. The van der Waals surface area contributed by atoms with Gasteiger partial charge in [-0.05, 0) is 88.1 Å². The number of aromatic nitrogens is 2. The van der Waals surface area contributed by atoms with E-state index < -0.39 is 33.5 Å². The largest absolute Gasteiger partial charge is 0.444 e. The third-order valence-corrected chi connectivity index (χ3v) is 10.5. The number of rotatable bonds is 6. The Balaban J connectivity index is 1.31. The van der Waals surface area contributed by atoms with Crippen LogP contribution in [0.2, 0.25) is 5.02 Å². The van der Waals surface area contributed by atoms with Crippen molar-refractivity contribution < 1.29 is 22.3 Å². The van der Waals surface area contributed by atoms with Gasteiger partial charge in [0.2, 0.25) is 0 Å². The lowest BCUT2D eigenvalue weighted by Gasteiger charge is -2.33. The van der Waals surface area contributed by atoms with Crippen LogP contribution in [0.3, 0.4) is 0 Å². The number of sulfonamides is 1. The summed E-state index contributed by atoms with van der Waals surface area (Å²) in [7, 11) is -3.93. The zero-order valence-corrected chi connectivity index (χ0v) is 28.3. The van der Waals surface area contributed by atoms with Gasteiger partial charge >= 0.3 is 6.09 Å². The quantitative estimate of drug-likeness (QED) is 0.233. The smallest absolute Gasteiger partial charge is 0.407 e. The Morgan fingerprint density at radius 2 is 1.77 bits per heavy atom. The van der Waals surface area contributed by atoms with Gasteiger partial charge in [0, 0.05) is 43.4 Å². The SMILES string of the molecule is Cc1ccc(S(=O)(=O)N2CC(c3cncc(N4CCC(NC(=O)OC(C)(C)C)CC4)n3)c3cc(-c4c(F)cccc4Cl)ccc32)cc1. The van der Waals surface area contributed by atoms with E-state index in [0.29, 0.717) is 54.3 Å². The summed E-state index contributed by atoms with van der Waals surface area (Å²) in [6, 6.07) is 16.4. The molecule has 1 fully saturated rings. The molecule has 12 heteroatoms. The molecule has 0 radical (unpaired) electrons. The van der Waals surface area contributed by atoms with Crippen LogP contribution in [-0.2, 0) is 14.8 Å². The molecule has 246 valence electrons. The predicted octanol–water partition coefficient (Wildman–Crippen LogP) is 7.08. The fourth-order valence-electron chi connectivity index (χ4n) is 6.09. The van der Waals surface area contributed by atoms with Crippen LogP contribution in [0, 0.1) is 12.7 Å². The van der Waals surface area contributed by atoms with Gasteiger partial charge in [-0.25, -0.2) is 22.6 Å². The van der Waals surface area contributed by atoms with Crippen LogP contribution in [0.5, 0.6) is 0 Å². The highest BCUT2D eigenvalue weighted by Crippen LogP contribution is 2.45. The van der Waals surface area contributed by atoms with Gasteiger partial charge < -0.3 is 15.0 Å². The summed E-state index contributed by atoms with van der Waals surface area (Å²) < 4.78 is 49.8. The van der Waals surface area contributed by atoms with E-state index in [-0.39, 0.29) is 28.1 Å². The Hall–Kier alpha value is -4.22. The summed E-state index contributed by atoms with van der Waals surface area (Å²) >= 11 is 6.43. The summed E-state index contributed by atoms with van der Waals surface area (Å²) in [5.41, 5.74) is 2.94. The molecule has 1 atom stereocenters. The molecule has 0 saturated carbocycles. The first kappa shape index (κ1) is 32.7. The number of hydrogen-bond acceptors (Lipinski definition) is 7. The molecule has 3 aromatic carbocycles. The van der Waals surface area contributed by atoms with Gasteiger partial charge in [0.15, 0.2) is 0 Å². The average molecular weight is 678 g/mol. The first-order chi connectivity index (χ1) is 22.3. The van der Waals surface area contributed by atoms with E-state index in [9.17, 15) is 13.2 Å². The van der Waals surface area contributed by atoms with Crippen molar-refractivity contribution in [3.05, 3.63) is 101 Å². The number of nitrogens with zero attached hydrogens (tertiary/aromatic N) is 4. The van der Waals surface area contributed by atoms with Crippen molar-refractivity contribution in [2.24, 2.45) is 0 Å². The van der Waals surface area contributed by atoms with E-state index in [1.807, 2.05) is 27.7 Å². The molecule has 3 heterocycles. The van der Waals surface area contributed by atoms with E-state index in [2.05, 4.69) is 15.2 Å². The first-order valence-electron chi connectivity index (χ1n) is 15.5. The van der Waals surface area contributed by atoms with Crippen LogP contribution in [-0.4, -0.2) is 55.8 Å². The Bertz CT molecular complexity index is 1890. The monoisotopic (exact) mass is 677 g/mol. The second-order valence-corrected chi connectivity index (χ2v) is 15.3. The molecule has 6 rings (SSSR count). The van der Waals surface area contributed by atoms with Crippen molar-refractivity contribution >= 4 is 39.2 Å². The highest BCUT2D eigenvalue weighted by molar-refractivity contribution is 7.92. The van der Waals surface area contributed by atoms with Crippen molar-refractivity contribution in [3.8, 4) is 11.1 Å². The number of aryl methyl sites for hydroxylation is 1. The predicted molar refractivity (Wildman–Crippen MR) is 181 cm³/mol. The molecule has 0 spiro atoms. The number of amides is 1. The van der Waals surface area contributed by atoms with E-state index >= 15 is 4.39 Å². The Kier molecular flexibility index (Phi) is 8.88. The molecule has 2 aliphatic rings. The minimum absolute atomic E-state index is 0.0249. The maximum Gasteiger partial charge on any atom is 0.407 e. The lowest BCUT2D eigenvalue weighted by Crippen LogP contribution is -2.46. The van der Waals surface area contributed by atoms with Crippen molar-refractivity contribution in [2.45, 2.75) is 63.0 Å². The fourth-order valence-corrected chi connectivity index (χ4v) is 7.87. The first-order valence-corrected chi connectivity index (χ1v) is 17.4. The van der Waals surface area contributed by atoms with Crippen molar-refractivity contribution in [3.63, 3.8) is 0 Å². The summed E-state index contributed by atoms with van der Waals surface area (Å²) in [6.07, 6.45) is 4.31. The number of carbonyl (C=O) groups excluding carboxylic acids is 1. The Labute approximate surface area is 279 Å². The van der Waals surface area contributed by atoms with Crippen LogP contribution in [0.1, 0.15) is 56.4 Å². The number of benzene rings is 3. The van der Waals surface area contributed by atoms with Gasteiger partial charge in [-0.15, -0.1) is 0 Å². The summed E-state index contributed by atoms with van der Waals surface area (Å²) in [6.45, 7) is 8.77. The zero-order valence-electron chi connectivity index (χ0n) is 26.7. The highest BCUT2D eigenvalue weighted by Gasteiger charge is 2.39. The van der Waals surface area contributed by atoms with Crippen molar-refractivity contribution in [1.82, 2.24) is 15.3 Å². The molecule has 1 saturated heterocycles. The van der Waals surface area contributed by atoms with Gasteiger partial charge in [0.1, 0.15) is 17.2 Å². The number of hydrogen-bond donors (Lipinski definition) is 1. The number of fused-ring (bicyclic) bond motifs is 1. The number of carbonyl (C=O) groups is 1. The van der Waals surface area contributed by atoms with Crippen LogP contribution in [0.4, 0.5) is 20.7 Å². The molecule has 1 amide bonds. The fraction of sp³-hybridized carbons (Fsp3) is 0.343. The number of nitrogens with one attached hydrogen (secondary N) is 1. The van der Waals surface area contributed by atoms with Crippen molar-refractivity contribution in [2.75, 3.05) is 28.8 Å². The molecule has 9 nitrogen and oxygen atoms in total. The summed E-state index contributed by atoms with van der Waals surface area (Å²) in [4.78, 5) is 24.1. The zero-order chi connectivity index (χ0) is 33.5. The lowest BCUT2D eigenvalue weighted by atomic mass is 9.94. The van der Waals surface area contributed by atoms with Crippen LogP contribution in [0.15, 0.2) is 78.0 Å². The Morgan fingerprint density at radius 1 is 1.04 bits per heavy atom. The number of piperidine rings is 1. The maximum absolute atomic E-state index is 15.0. The second kappa shape index (κ2) is 12.8. The van der Waals surface area contributed by atoms with Gasteiger partial charge in [0.05, 0.1) is 27.5 Å². The Morgan fingerprint density at radius 3 is 2.45 bits per heavy atom. The molecule has 1 aromatic heterocycles. The van der Waals surface area contributed by atoms with Gasteiger partial charge in [0.25, 0.3) is 10.0 Å². The minimum Gasteiger partial charge on any atom is -0.444 e. The normalized spacial score (nSPS) is 17.0. The van der Waals surface area contributed by atoms with Crippen LogP contribution in [0.25, 0.3) is 11.1 Å². The second-order valence-electron chi connectivity index (χ2n) is 13.0. The van der Waals surface area contributed by atoms with Gasteiger partial charge in [-0.2, -0.15) is 0 Å². The van der Waals surface area contributed by atoms with Gasteiger partial charge in [-0.3, -0.25) is 9.29 Å². The third-order valence-electron chi connectivity index (χ3n) is 8.42. The number of anilines is 2. The van der Waals surface area contributed by atoms with Gasteiger partial charge in [-0.1, -0.05) is 41.4 Å².